The molecule has 1 aromatic carbocycles. The van der Waals surface area contributed by atoms with Crippen LogP contribution in [0.4, 0.5) is 4.39 Å². The smallest absolute Gasteiger partial charge is 0.236 e. The number of oxime groups is 1. The van der Waals surface area contributed by atoms with Gasteiger partial charge in [0.05, 0.1) is 0 Å². The Hall–Kier alpha value is -2.11. The second kappa shape index (κ2) is 4.87. The van der Waals surface area contributed by atoms with E-state index in [2.05, 4.69) is 5.16 Å². The summed E-state index contributed by atoms with van der Waals surface area (Å²) in [6.45, 7) is 0.361. The number of carbonyl (C=O) groups excluding carboxylic acids is 1. The fourth-order valence-corrected chi connectivity index (χ4v) is 2.10. The van der Waals surface area contributed by atoms with Crippen LogP contribution in [0.3, 0.4) is 0 Å². The molecule has 0 aliphatic heterocycles. The summed E-state index contributed by atoms with van der Waals surface area (Å²) in [7, 11) is 1.65. The summed E-state index contributed by atoms with van der Waals surface area (Å²) in [5.74, 6) is -0.524. The summed E-state index contributed by atoms with van der Waals surface area (Å²) in [4.78, 5) is 13.8. The van der Waals surface area contributed by atoms with Gasteiger partial charge in [-0.3, -0.25) is 4.79 Å². The zero-order valence-corrected chi connectivity index (χ0v) is 10.6. The first kappa shape index (κ1) is 13.3. The third kappa shape index (κ3) is 2.52. The van der Waals surface area contributed by atoms with Crippen molar-refractivity contribution >= 4 is 11.7 Å². The Labute approximate surface area is 110 Å². The molecule has 3 N–H and O–H groups in total. The first-order chi connectivity index (χ1) is 8.99. The van der Waals surface area contributed by atoms with Crippen molar-refractivity contribution in [3.05, 3.63) is 35.6 Å². The number of hydrogen-bond acceptors (Lipinski definition) is 3. The summed E-state index contributed by atoms with van der Waals surface area (Å²) in [6, 6.07) is 5.96. The molecular weight excluding hydrogens is 249 g/mol. The molecule has 0 spiro atoms. The number of rotatable bonds is 4. The quantitative estimate of drug-likeness (QED) is 0.373. The van der Waals surface area contributed by atoms with E-state index in [0.29, 0.717) is 19.4 Å². The van der Waals surface area contributed by atoms with E-state index in [1.54, 1.807) is 19.2 Å². The third-order valence-corrected chi connectivity index (χ3v) is 3.44. The molecule has 1 saturated carbocycles. The van der Waals surface area contributed by atoms with Gasteiger partial charge in [0.25, 0.3) is 0 Å². The molecule has 1 amide bonds. The van der Waals surface area contributed by atoms with Gasteiger partial charge < -0.3 is 15.8 Å². The lowest BCUT2D eigenvalue weighted by atomic mass is 10.0. The molecule has 5 nitrogen and oxygen atoms in total. The molecule has 0 saturated heterocycles. The molecule has 0 bridgehead atoms. The molecule has 0 radical (unpaired) electrons. The molecule has 2 rings (SSSR count). The first-order valence-corrected chi connectivity index (χ1v) is 5.97. The molecule has 1 aliphatic carbocycles. The van der Waals surface area contributed by atoms with Gasteiger partial charge in [-0.15, -0.1) is 0 Å². The van der Waals surface area contributed by atoms with Gasteiger partial charge in [-0.05, 0) is 30.5 Å². The van der Waals surface area contributed by atoms with E-state index in [0.717, 1.165) is 5.56 Å². The van der Waals surface area contributed by atoms with Crippen LogP contribution in [0.25, 0.3) is 0 Å². The van der Waals surface area contributed by atoms with E-state index < -0.39 is 5.41 Å². The third-order valence-electron chi connectivity index (χ3n) is 3.44. The topological polar surface area (TPSA) is 78.9 Å². The highest BCUT2D eigenvalue weighted by Crippen LogP contribution is 2.47. The summed E-state index contributed by atoms with van der Waals surface area (Å²) >= 11 is 0. The van der Waals surface area contributed by atoms with Crippen LogP contribution < -0.4 is 5.73 Å². The lowest BCUT2D eigenvalue weighted by Crippen LogP contribution is -2.41. The second-order valence-corrected chi connectivity index (χ2v) is 4.86. The monoisotopic (exact) mass is 265 g/mol. The van der Waals surface area contributed by atoms with Gasteiger partial charge >= 0.3 is 0 Å². The minimum atomic E-state index is -0.844. The molecule has 0 unspecified atom stereocenters. The number of nitrogens with zero attached hydrogens (tertiary/aromatic N) is 2. The van der Waals surface area contributed by atoms with Crippen molar-refractivity contribution in [2.24, 2.45) is 16.3 Å². The van der Waals surface area contributed by atoms with Crippen molar-refractivity contribution in [3.63, 3.8) is 0 Å². The van der Waals surface area contributed by atoms with Crippen LogP contribution >= 0.6 is 0 Å². The summed E-state index contributed by atoms with van der Waals surface area (Å²) in [5, 5.41) is 11.7. The predicted octanol–water partition coefficient (Wildman–Crippen LogP) is 1.31. The molecule has 0 atom stereocenters. The lowest BCUT2D eigenvalue weighted by molar-refractivity contribution is -0.133. The zero-order valence-electron chi connectivity index (χ0n) is 10.6. The van der Waals surface area contributed by atoms with Gasteiger partial charge in [-0.2, -0.15) is 0 Å². The SMILES string of the molecule is CN(Cc1ccc(F)cc1)C(=O)C1(/C(N)=N/O)CC1. The number of amidine groups is 1. The van der Waals surface area contributed by atoms with Gasteiger partial charge in [0, 0.05) is 13.6 Å². The van der Waals surface area contributed by atoms with Gasteiger partial charge in [0.2, 0.25) is 5.91 Å². The number of halogens is 1. The average molecular weight is 265 g/mol. The molecule has 1 aromatic rings. The van der Waals surface area contributed by atoms with Crippen LogP contribution in [-0.4, -0.2) is 28.9 Å². The maximum absolute atomic E-state index is 12.8. The van der Waals surface area contributed by atoms with Crippen LogP contribution in [0.15, 0.2) is 29.4 Å². The number of carbonyl (C=O) groups is 1. The largest absolute Gasteiger partial charge is 0.409 e. The number of amides is 1. The molecule has 0 aromatic heterocycles. The molecule has 6 heteroatoms. The maximum atomic E-state index is 12.8. The van der Waals surface area contributed by atoms with Gasteiger partial charge in [-0.25, -0.2) is 4.39 Å². The Bertz CT molecular complexity index is 509. The molecule has 0 heterocycles. The maximum Gasteiger partial charge on any atom is 0.236 e. The van der Waals surface area contributed by atoms with Crippen LogP contribution in [0.1, 0.15) is 18.4 Å². The molecule has 19 heavy (non-hydrogen) atoms. The van der Waals surface area contributed by atoms with Gasteiger partial charge in [-0.1, -0.05) is 17.3 Å². The van der Waals surface area contributed by atoms with Crippen LogP contribution in [0.5, 0.6) is 0 Å². The van der Waals surface area contributed by atoms with Crippen molar-refractivity contribution in [2.75, 3.05) is 7.05 Å². The van der Waals surface area contributed by atoms with E-state index in [9.17, 15) is 9.18 Å². The van der Waals surface area contributed by atoms with E-state index in [-0.39, 0.29) is 17.6 Å². The Morgan fingerprint density at radius 2 is 2.05 bits per heavy atom. The fourth-order valence-electron chi connectivity index (χ4n) is 2.10. The van der Waals surface area contributed by atoms with Crippen molar-refractivity contribution < 1.29 is 14.4 Å². The van der Waals surface area contributed by atoms with Gasteiger partial charge in [0.1, 0.15) is 11.2 Å². The summed E-state index contributed by atoms with van der Waals surface area (Å²) in [5.41, 5.74) is 5.55. The highest BCUT2D eigenvalue weighted by Gasteiger charge is 2.55. The Kier molecular flexibility index (Phi) is 3.42. The predicted molar refractivity (Wildman–Crippen MR) is 67.9 cm³/mol. The number of benzene rings is 1. The van der Waals surface area contributed by atoms with Crippen molar-refractivity contribution in [1.82, 2.24) is 4.90 Å². The Morgan fingerprint density at radius 3 is 2.53 bits per heavy atom. The summed E-state index contributed by atoms with van der Waals surface area (Å²) < 4.78 is 12.8. The minimum Gasteiger partial charge on any atom is -0.409 e. The minimum absolute atomic E-state index is 0.0385. The van der Waals surface area contributed by atoms with E-state index in [4.69, 9.17) is 10.9 Å². The highest BCUT2D eigenvalue weighted by molar-refractivity contribution is 6.09. The second-order valence-electron chi connectivity index (χ2n) is 4.86. The lowest BCUT2D eigenvalue weighted by Gasteiger charge is -2.22. The summed E-state index contributed by atoms with van der Waals surface area (Å²) in [6.07, 6.45) is 1.19. The normalized spacial score (nSPS) is 17.1. The van der Waals surface area contributed by atoms with E-state index >= 15 is 0 Å². The van der Waals surface area contributed by atoms with Crippen molar-refractivity contribution in [2.45, 2.75) is 19.4 Å². The van der Waals surface area contributed by atoms with E-state index in [1.165, 1.54) is 17.0 Å². The van der Waals surface area contributed by atoms with Crippen LogP contribution in [0.2, 0.25) is 0 Å². The highest BCUT2D eigenvalue weighted by atomic mass is 19.1. The Balaban J connectivity index is 2.06. The molecular formula is C13H16FN3O2. The average Bonchev–Trinajstić information content (AvgIpc) is 3.21. The number of nitrogens with two attached hydrogens (primary N) is 1. The number of hydrogen-bond donors (Lipinski definition) is 2. The fraction of sp³-hybridized carbons (Fsp3) is 0.385. The van der Waals surface area contributed by atoms with E-state index in [1.807, 2.05) is 0 Å². The molecule has 102 valence electrons. The van der Waals surface area contributed by atoms with Crippen LogP contribution in [0, 0.1) is 11.2 Å². The Morgan fingerprint density at radius 1 is 1.47 bits per heavy atom. The standard InChI is InChI=1S/C13H16FN3O2/c1-17(8-9-2-4-10(14)5-3-9)12(18)13(6-7-13)11(15)16-19/h2-5,19H,6-8H2,1H3,(H2,15,16). The molecule has 1 aliphatic rings. The van der Waals surface area contributed by atoms with Crippen molar-refractivity contribution in [1.29, 1.82) is 0 Å². The first-order valence-electron chi connectivity index (χ1n) is 5.97. The van der Waals surface area contributed by atoms with Gasteiger partial charge in [0.15, 0.2) is 5.84 Å². The zero-order chi connectivity index (χ0) is 14.0. The van der Waals surface area contributed by atoms with Crippen LogP contribution in [-0.2, 0) is 11.3 Å². The molecule has 1 fully saturated rings. The van der Waals surface area contributed by atoms with Crippen molar-refractivity contribution in [3.8, 4) is 0 Å².